The number of hydrogen-bond acceptors (Lipinski definition) is 0. The highest BCUT2D eigenvalue weighted by atomic mass is 16.3. The molecule has 110 valence electrons. The van der Waals surface area contributed by atoms with Crippen LogP contribution in [-0.4, -0.2) is 0 Å². The lowest BCUT2D eigenvalue weighted by Crippen LogP contribution is -1.84. The van der Waals surface area contributed by atoms with E-state index in [2.05, 4.69) is 68.4 Å². The monoisotopic (exact) mass is 289 g/mol. The van der Waals surface area contributed by atoms with E-state index in [0.717, 1.165) is 24.2 Å². The van der Waals surface area contributed by atoms with Gasteiger partial charge in [-0.3, -0.25) is 0 Å². The summed E-state index contributed by atoms with van der Waals surface area (Å²) < 4.78 is 5.69. The smallest absolute Gasteiger partial charge is 0.216 e. The van der Waals surface area contributed by atoms with Gasteiger partial charge in [0.15, 0.2) is 0 Å². The minimum atomic E-state index is 0.903. The Morgan fingerprint density at radius 1 is 0.636 bits per heavy atom. The van der Waals surface area contributed by atoms with Crippen LogP contribution in [0.1, 0.15) is 25.0 Å². The first kappa shape index (κ1) is 14.5. The van der Waals surface area contributed by atoms with Gasteiger partial charge in [-0.1, -0.05) is 50.2 Å². The summed E-state index contributed by atoms with van der Waals surface area (Å²) in [6.07, 6.45) is 3.90. The summed E-state index contributed by atoms with van der Waals surface area (Å²) >= 11 is 0. The van der Waals surface area contributed by atoms with Gasteiger partial charge in [0.2, 0.25) is 0 Å². The van der Waals surface area contributed by atoms with Crippen molar-refractivity contribution in [2.45, 2.75) is 26.7 Å². The summed E-state index contributed by atoms with van der Waals surface area (Å²) in [6.45, 7) is 4.34. The summed E-state index contributed by atoms with van der Waals surface area (Å²) in [5.41, 5.74) is 6.22. The van der Waals surface area contributed by atoms with Crippen molar-refractivity contribution < 1.29 is 4.42 Å². The Morgan fingerprint density at radius 2 is 1.18 bits per heavy atom. The summed E-state index contributed by atoms with van der Waals surface area (Å²) in [5, 5.41) is 0. The fourth-order valence-corrected chi connectivity index (χ4v) is 2.57. The predicted octanol–water partition coefficient (Wildman–Crippen LogP) is 6.02. The molecule has 0 aliphatic heterocycles. The molecule has 0 amide bonds. The molecule has 0 radical (unpaired) electrons. The molecule has 1 heteroatoms. The molecule has 1 heterocycles. The van der Waals surface area contributed by atoms with Crippen molar-refractivity contribution in [3.63, 3.8) is 0 Å². The highest BCUT2D eigenvalue weighted by Gasteiger charge is 2.12. The molecule has 0 bridgehead atoms. The van der Waals surface area contributed by atoms with E-state index >= 15 is 0 Å². The molecular formula is C21H21O+. The van der Waals surface area contributed by atoms with Crippen molar-refractivity contribution in [3.05, 3.63) is 78.1 Å². The molecule has 3 rings (SSSR count). The summed E-state index contributed by atoms with van der Waals surface area (Å²) in [7, 11) is 0. The molecule has 0 aliphatic carbocycles. The fraction of sp³-hybridized carbons (Fsp3) is 0.190. The lowest BCUT2D eigenvalue weighted by atomic mass is 10.0. The zero-order valence-electron chi connectivity index (χ0n) is 13.2. The third kappa shape index (κ3) is 3.09. The molecule has 0 atom stereocenters. The van der Waals surface area contributed by atoms with Crippen LogP contribution in [0.3, 0.4) is 0 Å². The van der Waals surface area contributed by atoms with E-state index in [0.29, 0.717) is 0 Å². The maximum absolute atomic E-state index is 5.69. The fourth-order valence-electron chi connectivity index (χ4n) is 2.57. The molecule has 0 aliphatic rings. The van der Waals surface area contributed by atoms with Crippen LogP contribution in [0.15, 0.2) is 71.3 Å². The lowest BCUT2D eigenvalue weighted by molar-refractivity contribution is 0.566. The standard InChI is InChI=1S/C21H21O/c1-3-16-5-9-18(10-6-16)20-13-14-22-21(15-20)19-11-7-17(4-2)8-12-19/h5-15H,3-4H2,1-2H3/q+1. The van der Waals surface area contributed by atoms with Crippen LogP contribution in [-0.2, 0) is 12.8 Å². The van der Waals surface area contributed by atoms with Crippen molar-refractivity contribution >= 4 is 0 Å². The summed E-state index contributed by atoms with van der Waals surface area (Å²) in [4.78, 5) is 0. The lowest BCUT2D eigenvalue weighted by Gasteiger charge is -2.02. The quantitative estimate of drug-likeness (QED) is 0.534. The van der Waals surface area contributed by atoms with Crippen molar-refractivity contribution in [1.82, 2.24) is 0 Å². The Morgan fingerprint density at radius 3 is 1.73 bits per heavy atom. The van der Waals surface area contributed by atoms with Crippen molar-refractivity contribution in [1.29, 1.82) is 0 Å². The van der Waals surface area contributed by atoms with Gasteiger partial charge in [0.25, 0.3) is 0 Å². The highest BCUT2D eigenvalue weighted by Crippen LogP contribution is 2.27. The minimum absolute atomic E-state index is 0.903. The van der Waals surface area contributed by atoms with Crippen LogP contribution in [0.4, 0.5) is 0 Å². The SMILES string of the molecule is CCc1ccc(-c2cc[o+]c(-c3ccc(CC)cc3)c2)cc1. The average Bonchev–Trinajstić information content (AvgIpc) is 2.62. The van der Waals surface area contributed by atoms with E-state index in [4.69, 9.17) is 4.42 Å². The van der Waals surface area contributed by atoms with Gasteiger partial charge in [-0.05, 0) is 47.2 Å². The molecule has 0 fully saturated rings. The van der Waals surface area contributed by atoms with Gasteiger partial charge in [-0.15, -0.1) is 0 Å². The average molecular weight is 289 g/mol. The molecule has 0 unspecified atom stereocenters. The third-order valence-corrected chi connectivity index (χ3v) is 4.07. The van der Waals surface area contributed by atoms with Crippen LogP contribution in [0.2, 0.25) is 0 Å². The second-order valence-electron chi connectivity index (χ2n) is 5.49. The van der Waals surface area contributed by atoms with Crippen LogP contribution >= 0.6 is 0 Å². The van der Waals surface area contributed by atoms with Crippen LogP contribution in [0, 0.1) is 0 Å². The second kappa shape index (κ2) is 6.57. The van der Waals surface area contributed by atoms with E-state index in [1.54, 1.807) is 6.26 Å². The number of hydrogen-bond donors (Lipinski definition) is 0. The Kier molecular flexibility index (Phi) is 4.34. The van der Waals surface area contributed by atoms with E-state index in [1.807, 2.05) is 6.07 Å². The minimum Gasteiger partial charge on any atom is -0.216 e. The Balaban J connectivity index is 1.93. The molecule has 0 spiro atoms. The Bertz CT molecular complexity index is 677. The van der Waals surface area contributed by atoms with Crippen molar-refractivity contribution in [2.75, 3.05) is 0 Å². The van der Waals surface area contributed by atoms with Crippen molar-refractivity contribution in [3.8, 4) is 22.5 Å². The topological polar surface area (TPSA) is 11.3 Å². The van der Waals surface area contributed by atoms with E-state index < -0.39 is 0 Å². The van der Waals surface area contributed by atoms with E-state index in [1.165, 1.54) is 22.3 Å². The Labute approximate surface area is 132 Å². The van der Waals surface area contributed by atoms with Crippen LogP contribution in [0.25, 0.3) is 22.5 Å². The maximum Gasteiger partial charge on any atom is 0.360 e. The molecule has 0 saturated carbocycles. The molecule has 2 aromatic carbocycles. The highest BCUT2D eigenvalue weighted by molar-refractivity contribution is 5.69. The largest absolute Gasteiger partial charge is 0.360 e. The maximum atomic E-state index is 5.69. The molecule has 22 heavy (non-hydrogen) atoms. The summed E-state index contributed by atoms with van der Waals surface area (Å²) in [5.74, 6) is 0.903. The molecule has 1 nitrogen and oxygen atoms in total. The van der Waals surface area contributed by atoms with Gasteiger partial charge in [-0.25, -0.2) is 4.42 Å². The van der Waals surface area contributed by atoms with Crippen LogP contribution < -0.4 is 0 Å². The summed E-state index contributed by atoms with van der Waals surface area (Å²) in [6, 6.07) is 21.4. The van der Waals surface area contributed by atoms with E-state index in [-0.39, 0.29) is 0 Å². The molecule has 0 N–H and O–H groups in total. The third-order valence-electron chi connectivity index (χ3n) is 4.07. The van der Waals surface area contributed by atoms with Gasteiger partial charge < -0.3 is 0 Å². The van der Waals surface area contributed by atoms with Gasteiger partial charge in [0, 0.05) is 6.07 Å². The zero-order chi connectivity index (χ0) is 15.4. The first-order valence-corrected chi connectivity index (χ1v) is 7.90. The molecule has 3 aromatic rings. The predicted molar refractivity (Wildman–Crippen MR) is 92.7 cm³/mol. The zero-order valence-corrected chi connectivity index (χ0v) is 13.2. The normalized spacial score (nSPS) is 10.6. The van der Waals surface area contributed by atoms with Gasteiger partial charge in [0.05, 0.1) is 11.6 Å². The van der Waals surface area contributed by atoms with Gasteiger partial charge >= 0.3 is 12.0 Å². The van der Waals surface area contributed by atoms with Gasteiger partial charge in [0.1, 0.15) is 0 Å². The van der Waals surface area contributed by atoms with Gasteiger partial charge in [-0.2, -0.15) is 0 Å². The first-order chi connectivity index (χ1) is 10.8. The number of aryl methyl sites for hydroxylation is 2. The van der Waals surface area contributed by atoms with Crippen molar-refractivity contribution in [2.24, 2.45) is 0 Å². The van der Waals surface area contributed by atoms with E-state index in [9.17, 15) is 0 Å². The number of benzene rings is 2. The molecular weight excluding hydrogens is 268 g/mol. The Hall–Kier alpha value is -2.41. The number of rotatable bonds is 4. The van der Waals surface area contributed by atoms with Crippen LogP contribution in [0.5, 0.6) is 0 Å². The first-order valence-electron chi connectivity index (χ1n) is 7.90. The molecule has 0 saturated heterocycles. The second-order valence-corrected chi connectivity index (χ2v) is 5.49. The molecule has 1 aromatic heterocycles.